The van der Waals surface area contributed by atoms with E-state index in [0.717, 1.165) is 19.3 Å². The summed E-state index contributed by atoms with van der Waals surface area (Å²) >= 11 is 0. The quantitative estimate of drug-likeness (QED) is 0.685. The fourth-order valence-electron chi connectivity index (χ4n) is 2.47. The van der Waals surface area contributed by atoms with Gasteiger partial charge in [-0.2, -0.15) is 0 Å². The molecule has 0 aromatic heterocycles. The van der Waals surface area contributed by atoms with E-state index in [1.54, 1.807) is 18.9 Å². The van der Waals surface area contributed by atoms with E-state index < -0.39 is 5.60 Å². The molecule has 0 radical (unpaired) electrons. The number of ether oxygens (including phenoxy) is 2. The minimum atomic E-state index is -0.484. The van der Waals surface area contributed by atoms with Crippen LogP contribution in [0.3, 0.4) is 0 Å². The van der Waals surface area contributed by atoms with Crippen molar-refractivity contribution in [1.82, 2.24) is 4.90 Å². The third-order valence-corrected chi connectivity index (χ3v) is 3.88. The number of hydrogen-bond acceptors (Lipinski definition) is 4. The molecule has 0 heterocycles. The highest BCUT2D eigenvalue weighted by Crippen LogP contribution is 2.26. The molecule has 0 N–H and O–H groups in total. The Kier molecular flexibility index (Phi) is 7.52. The van der Waals surface area contributed by atoms with E-state index in [4.69, 9.17) is 9.47 Å². The van der Waals surface area contributed by atoms with Crippen LogP contribution in [0.1, 0.15) is 53.9 Å². The smallest absolute Gasteiger partial charge is 0.410 e. The van der Waals surface area contributed by atoms with Crippen molar-refractivity contribution in [3.63, 3.8) is 0 Å². The van der Waals surface area contributed by atoms with Gasteiger partial charge in [-0.1, -0.05) is 18.6 Å². The van der Waals surface area contributed by atoms with Crippen molar-refractivity contribution < 1.29 is 19.1 Å². The first-order valence-corrected chi connectivity index (χ1v) is 8.66. The van der Waals surface area contributed by atoms with Crippen molar-refractivity contribution in [3.05, 3.63) is 23.3 Å². The number of allylic oxidation sites excluding steroid dienone is 2. The fraction of sp³-hybridized carbons (Fsp3) is 0.684. The zero-order chi connectivity index (χ0) is 18.3. The zero-order valence-corrected chi connectivity index (χ0v) is 15.8. The highest BCUT2D eigenvalue weighted by atomic mass is 16.6. The molecule has 5 nitrogen and oxygen atoms in total. The number of hydrogen-bond donors (Lipinski definition) is 0. The van der Waals surface area contributed by atoms with Crippen molar-refractivity contribution in [1.29, 1.82) is 0 Å². The molecule has 0 aliphatic heterocycles. The molecule has 1 aliphatic carbocycles. The van der Waals surface area contributed by atoms with Crippen molar-refractivity contribution in [2.24, 2.45) is 5.92 Å². The van der Waals surface area contributed by atoms with E-state index in [0.29, 0.717) is 24.6 Å². The molecule has 0 saturated heterocycles. The number of amides is 1. The lowest BCUT2D eigenvalue weighted by Crippen LogP contribution is -2.35. The predicted octanol–water partition coefficient (Wildman–Crippen LogP) is 4.09. The van der Waals surface area contributed by atoms with E-state index in [1.807, 2.05) is 32.9 Å². The lowest BCUT2D eigenvalue weighted by Gasteiger charge is -2.26. The predicted molar refractivity (Wildman–Crippen MR) is 94.7 cm³/mol. The summed E-state index contributed by atoms with van der Waals surface area (Å²) < 4.78 is 10.4. The number of esters is 1. The molecule has 0 fully saturated rings. The molecule has 1 rings (SSSR count). The van der Waals surface area contributed by atoms with Gasteiger partial charge in [-0.25, -0.2) is 9.59 Å². The second kappa shape index (κ2) is 8.90. The molecular weight excluding hydrogens is 306 g/mol. The normalized spacial score (nSPS) is 15.9. The Labute approximate surface area is 145 Å². The summed E-state index contributed by atoms with van der Waals surface area (Å²) in [6.45, 7) is 10.5. The maximum atomic E-state index is 12.0. The molecule has 0 bridgehead atoms. The molecule has 1 amide bonds. The van der Waals surface area contributed by atoms with E-state index in [-0.39, 0.29) is 12.1 Å². The maximum Gasteiger partial charge on any atom is 0.410 e. The second-order valence-corrected chi connectivity index (χ2v) is 7.23. The van der Waals surface area contributed by atoms with Crippen LogP contribution in [0.2, 0.25) is 0 Å². The number of rotatable bonds is 6. The van der Waals surface area contributed by atoms with E-state index in [1.165, 1.54) is 5.57 Å². The van der Waals surface area contributed by atoms with Gasteiger partial charge in [0, 0.05) is 13.6 Å². The van der Waals surface area contributed by atoms with Gasteiger partial charge in [0.05, 0.1) is 12.2 Å². The van der Waals surface area contributed by atoms with Crippen LogP contribution in [0.15, 0.2) is 23.3 Å². The van der Waals surface area contributed by atoms with Crippen LogP contribution < -0.4 is 0 Å². The van der Waals surface area contributed by atoms with Crippen molar-refractivity contribution in [2.75, 3.05) is 20.2 Å². The standard InChI is InChI=1S/C19H31NO4/c1-7-23-17(21)16-10-8-9-15(13-16)14(2)11-12-20(6)18(22)24-19(3,4)5/h10,13-14H,7-9,11-12H2,1-6H3. The first kappa shape index (κ1) is 20.3. The molecular formula is C19H31NO4. The number of carbonyl (C=O) groups is 2. The number of nitrogens with zero attached hydrogens (tertiary/aromatic N) is 1. The molecule has 136 valence electrons. The Balaban J connectivity index is 2.55. The summed E-state index contributed by atoms with van der Waals surface area (Å²) in [4.78, 5) is 25.4. The summed E-state index contributed by atoms with van der Waals surface area (Å²) in [6, 6.07) is 0. The summed E-state index contributed by atoms with van der Waals surface area (Å²) in [5.74, 6) is 0.0424. The Hall–Kier alpha value is -1.78. The van der Waals surface area contributed by atoms with Crippen molar-refractivity contribution >= 4 is 12.1 Å². The lowest BCUT2D eigenvalue weighted by molar-refractivity contribution is -0.138. The van der Waals surface area contributed by atoms with Crippen LogP contribution in [0, 0.1) is 5.92 Å². The largest absolute Gasteiger partial charge is 0.462 e. The lowest BCUT2D eigenvalue weighted by atomic mass is 9.88. The van der Waals surface area contributed by atoms with Gasteiger partial charge >= 0.3 is 12.1 Å². The molecule has 24 heavy (non-hydrogen) atoms. The fourth-order valence-corrected chi connectivity index (χ4v) is 2.47. The zero-order valence-electron chi connectivity index (χ0n) is 15.8. The molecule has 0 spiro atoms. The average Bonchev–Trinajstić information content (AvgIpc) is 2.51. The van der Waals surface area contributed by atoms with Crippen molar-refractivity contribution in [2.45, 2.75) is 59.5 Å². The van der Waals surface area contributed by atoms with Crippen LogP contribution in [0.5, 0.6) is 0 Å². The first-order valence-electron chi connectivity index (χ1n) is 8.66. The van der Waals surface area contributed by atoms with Gasteiger partial charge in [0.15, 0.2) is 0 Å². The topological polar surface area (TPSA) is 55.8 Å². The number of carbonyl (C=O) groups excluding carboxylic acids is 2. The average molecular weight is 337 g/mol. The first-order chi connectivity index (χ1) is 11.1. The Morgan fingerprint density at radius 2 is 2.00 bits per heavy atom. The monoisotopic (exact) mass is 337 g/mol. The van der Waals surface area contributed by atoms with Crippen LogP contribution in [-0.4, -0.2) is 42.8 Å². The Morgan fingerprint density at radius 1 is 1.33 bits per heavy atom. The van der Waals surface area contributed by atoms with E-state index in [2.05, 4.69) is 6.92 Å². The SMILES string of the molecule is CCOC(=O)C1=CCCC(C(C)CCN(C)C(=O)OC(C)(C)C)=C1. The summed E-state index contributed by atoms with van der Waals surface area (Å²) in [7, 11) is 1.75. The van der Waals surface area contributed by atoms with Gasteiger partial charge in [0.1, 0.15) is 5.60 Å². The van der Waals surface area contributed by atoms with Crippen LogP contribution >= 0.6 is 0 Å². The molecule has 5 heteroatoms. The molecule has 0 aromatic carbocycles. The van der Waals surface area contributed by atoms with Gasteiger partial charge < -0.3 is 14.4 Å². The molecule has 0 aromatic rings. The van der Waals surface area contributed by atoms with Crippen molar-refractivity contribution in [3.8, 4) is 0 Å². The van der Waals surface area contributed by atoms with Gasteiger partial charge in [0.2, 0.25) is 0 Å². The molecule has 1 aliphatic rings. The third-order valence-electron chi connectivity index (χ3n) is 3.88. The summed E-state index contributed by atoms with van der Waals surface area (Å²) in [5, 5.41) is 0. The minimum absolute atomic E-state index is 0.257. The minimum Gasteiger partial charge on any atom is -0.462 e. The highest BCUT2D eigenvalue weighted by Gasteiger charge is 2.21. The second-order valence-electron chi connectivity index (χ2n) is 7.23. The summed E-state index contributed by atoms with van der Waals surface area (Å²) in [5.41, 5.74) is 1.39. The van der Waals surface area contributed by atoms with Gasteiger partial charge in [-0.05, 0) is 59.0 Å². The van der Waals surface area contributed by atoms with Gasteiger partial charge in [-0.15, -0.1) is 0 Å². The Bertz CT molecular complexity index is 514. The maximum absolute atomic E-state index is 12.0. The highest BCUT2D eigenvalue weighted by molar-refractivity contribution is 5.92. The van der Waals surface area contributed by atoms with E-state index in [9.17, 15) is 9.59 Å². The molecule has 0 saturated carbocycles. The van der Waals surface area contributed by atoms with Crippen LogP contribution in [0.4, 0.5) is 4.79 Å². The van der Waals surface area contributed by atoms with E-state index >= 15 is 0 Å². The van der Waals surface area contributed by atoms with Crippen LogP contribution in [0.25, 0.3) is 0 Å². The molecule has 1 unspecified atom stereocenters. The Morgan fingerprint density at radius 3 is 2.58 bits per heavy atom. The van der Waals surface area contributed by atoms with Gasteiger partial charge in [0.25, 0.3) is 0 Å². The molecule has 1 atom stereocenters. The van der Waals surface area contributed by atoms with Crippen LogP contribution in [-0.2, 0) is 14.3 Å². The summed E-state index contributed by atoms with van der Waals surface area (Å²) in [6.07, 6.45) is 6.20. The third kappa shape index (κ3) is 6.77. The van der Waals surface area contributed by atoms with Gasteiger partial charge in [-0.3, -0.25) is 0 Å².